The van der Waals surface area contributed by atoms with Crippen LogP contribution >= 0.6 is 15.9 Å². The third-order valence-electron chi connectivity index (χ3n) is 3.89. The zero-order valence-corrected chi connectivity index (χ0v) is 12.7. The van der Waals surface area contributed by atoms with E-state index in [1.807, 2.05) is 0 Å². The molecule has 1 saturated carbocycles. The van der Waals surface area contributed by atoms with Crippen LogP contribution in [0.1, 0.15) is 50.5 Å². The summed E-state index contributed by atoms with van der Waals surface area (Å²) in [6.45, 7) is 0. The summed E-state index contributed by atoms with van der Waals surface area (Å²) in [4.78, 5) is 12.1. The Bertz CT molecular complexity index is 436. The summed E-state index contributed by atoms with van der Waals surface area (Å²) in [5.41, 5.74) is 0.889. The van der Waals surface area contributed by atoms with Crippen LogP contribution in [0.2, 0.25) is 0 Å². The van der Waals surface area contributed by atoms with Crippen LogP contribution in [0.15, 0.2) is 22.7 Å². The number of ketones is 1. The third kappa shape index (κ3) is 4.72. The molecule has 0 saturated heterocycles. The molecule has 0 atom stereocenters. The molecule has 1 aromatic carbocycles. The molecule has 0 amide bonds. The minimum absolute atomic E-state index is 0.271. The van der Waals surface area contributed by atoms with E-state index in [0.29, 0.717) is 23.2 Å². The fraction of sp³-hybridized carbons (Fsp3) is 0.562. The zero-order valence-electron chi connectivity index (χ0n) is 11.1. The molecule has 1 aliphatic carbocycles. The van der Waals surface area contributed by atoms with Crippen molar-refractivity contribution < 1.29 is 9.18 Å². The van der Waals surface area contributed by atoms with Gasteiger partial charge in [-0.05, 0) is 23.6 Å². The van der Waals surface area contributed by atoms with Gasteiger partial charge in [0.25, 0.3) is 0 Å². The van der Waals surface area contributed by atoms with Gasteiger partial charge < -0.3 is 0 Å². The lowest BCUT2D eigenvalue weighted by atomic mass is 9.92. The molecular weight excluding hydrogens is 307 g/mol. The van der Waals surface area contributed by atoms with Crippen LogP contribution in [-0.2, 0) is 11.2 Å². The Hall–Kier alpha value is -0.700. The van der Waals surface area contributed by atoms with Gasteiger partial charge in [0.1, 0.15) is 11.6 Å². The standard InChI is InChI=1S/C16H20BrFO/c17-16-11-14(18)8-7-13(16)10-15(19)9-12-5-3-1-2-4-6-12/h7-8,11-12H,1-6,9-10H2. The largest absolute Gasteiger partial charge is 0.299 e. The maximum atomic E-state index is 13.0. The first-order valence-corrected chi connectivity index (χ1v) is 7.90. The molecule has 0 radical (unpaired) electrons. The van der Waals surface area contributed by atoms with Crippen molar-refractivity contribution in [3.05, 3.63) is 34.1 Å². The van der Waals surface area contributed by atoms with Crippen molar-refractivity contribution in [2.75, 3.05) is 0 Å². The molecule has 0 aliphatic heterocycles. The first-order valence-electron chi connectivity index (χ1n) is 7.11. The summed E-state index contributed by atoms with van der Waals surface area (Å²) in [6, 6.07) is 4.54. The fourth-order valence-electron chi connectivity index (χ4n) is 2.84. The lowest BCUT2D eigenvalue weighted by Crippen LogP contribution is -2.10. The van der Waals surface area contributed by atoms with Crippen LogP contribution in [-0.4, -0.2) is 5.78 Å². The molecule has 0 spiro atoms. The van der Waals surface area contributed by atoms with E-state index in [-0.39, 0.29) is 11.6 Å². The highest BCUT2D eigenvalue weighted by atomic mass is 79.9. The molecule has 1 nitrogen and oxygen atoms in total. The Morgan fingerprint density at radius 3 is 2.53 bits per heavy atom. The average Bonchev–Trinajstić information content (AvgIpc) is 2.61. The van der Waals surface area contributed by atoms with Gasteiger partial charge in [-0.2, -0.15) is 0 Å². The van der Waals surface area contributed by atoms with Gasteiger partial charge in [0.2, 0.25) is 0 Å². The monoisotopic (exact) mass is 326 g/mol. The number of carbonyl (C=O) groups excluding carboxylic acids is 1. The van der Waals surface area contributed by atoms with Crippen LogP contribution in [0.25, 0.3) is 0 Å². The van der Waals surface area contributed by atoms with Gasteiger partial charge in [-0.3, -0.25) is 4.79 Å². The van der Waals surface area contributed by atoms with E-state index < -0.39 is 0 Å². The molecule has 0 N–H and O–H groups in total. The number of Topliss-reactive ketones (excluding diaryl/α,β-unsaturated/α-hetero) is 1. The number of carbonyl (C=O) groups is 1. The number of benzene rings is 1. The number of halogens is 2. The van der Waals surface area contributed by atoms with E-state index in [1.165, 1.54) is 50.7 Å². The minimum atomic E-state index is -0.271. The molecule has 1 aromatic rings. The van der Waals surface area contributed by atoms with Gasteiger partial charge in [-0.1, -0.05) is 60.5 Å². The molecule has 0 heterocycles. The lowest BCUT2D eigenvalue weighted by Gasteiger charge is -2.13. The number of rotatable bonds is 4. The Morgan fingerprint density at radius 2 is 1.89 bits per heavy atom. The van der Waals surface area contributed by atoms with Crippen molar-refractivity contribution in [2.24, 2.45) is 5.92 Å². The van der Waals surface area contributed by atoms with Crippen LogP contribution in [0.3, 0.4) is 0 Å². The Labute approximate surface area is 122 Å². The third-order valence-corrected chi connectivity index (χ3v) is 4.63. The molecule has 3 heteroatoms. The van der Waals surface area contributed by atoms with Crippen LogP contribution in [0.5, 0.6) is 0 Å². The van der Waals surface area contributed by atoms with E-state index in [0.717, 1.165) is 5.56 Å². The highest BCUT2D eigenvalue weighted by Crippen LogP contribution is 2.27. The average molecular weight is 327 g/mol. The summed E-state index contributed by atoms with van der Waals surface area (Å²) in [5, 5.41) is 0. The molecule has 0 unspecified atom stereocenters. The van der Waals surface area contributed by atoms with Crippen molar-refractivity contribution >= 4 is 21.7 Å². The molecule has 0 bridgehead atoms. The van der Waals surface area contributed by atoms with Gasteiger partial charge in [0, 0.05) is 17.3 Å². The molecule has 0 aromatic heterocycles. The van der Waals surface area contributed by atoms with Crippen molar-refractivity contribution in [1.29, 1.82) is 0 Å². The molecule has 2 rings (SSSR count). The second kappa shape index (κ2) is 7.18. The predicted molar refractivity (Wildman–Crippen MR) is 78.6 cm³/mol. The van der Waals surface area contributed by atoms with Crippen LogP contribution in [0, 0.1) is 11.7 Å². The Kier molecular flexibility index (Phi) is 5.56. The topological polar surface area (TPSA) is 17.1 Å². The number of hydrogen-bond donors (Lipinski definition) is 0. The second-order valence-electron chi connectivity index (χ2n) is 5.51. The van der Waals surface area contributed by atoms with E-state index >= 15 is 0 Å². The second-order valence-corrected chi connectivity index (χ2v) is 6.37. The minimum Gasteiger partial charge on any atom is -0.299 e. The number of hydrogen-bond acceptors (Lipinski definition) is 1. The summed E-state index contributed by atoms with van der Waals surface area (Å²) in [5.74, 6) is 0.570. The van der Waals surface area contributed by atoms with E-state index in [2.05, 4.69) is 15.9 Å². The Balaban J connectivity index is 1.89. The van der Waals surface area contributed by atoms with Crippen LogP contribution in [0.4, 0.5) is 4.39 Å². The lowest BCUT2D eigenvalue weighted by molar-refractivity contribution is -0.119. The van der Waals surface area contributed by atoms with E-state index in [9.17, 15) is 9.18 Å². The normalized spacial score (nSPS) is 17.2. The first-order chi connectivity index (χ1) is 9.15. The SMILES string of the molecule is O=C(Cc1ccc(F)cc1Br)CC1CCCCCC1. The van der Waals surface area contributed by atoms with Gasteiger partial charge in [-0.25, -0.2) is 4.39 Å². The van der Waals surface area contributed by atoms with Crippen molar-refractivity contribution in [2.45, 2.75) is 51.4 Å². The molecule has 104 valence electrons. The van der Waals surface area contributed by atoms with Gasteiger partial charge in [0.05, 0.1) is 0 Å². The summed E-state index contributed by atoms with van der Waals surface area (Å²) < 4.78 is 13.7. The highest BCUT2D eigenvalue weighted by Gasteiger charge is 2.17. The van der Waals surface area contributed by atoms with Crippen molar-refractivity contribution in [1.82, 2.24) is 0 Å². The fourth-order valence-corrected chi connectivity index (χ4v) is 3.33. The smallest absolute Gasteiger partial charge is 0.137 e. The van der Waals surface area contributed by atoms with Gasteiger partial charge in [-0.15, -0.1) is 0 Å². The van der Waals surface area contributed by atoms with E-state index in [4.69, 9.17) is 0 Å². The molecule has 19 heavy (non-hydrogen) atoms. The van der Waals surface area contributed by atoms with Gasteiger partial charge >= 0.3 is 0 Å². The molecular formula is C16H20BrFO. The first kappa shape index (κ1) is 14.7. The van der Waals surface area contributed by atoms with E-state index in [1.54, 1.807) is 6.07 Å². The maximum absolute atomic E-state index is 13.0. The maximum Gasteiger partial charge on any atom is 0.137 e. The van der Waals surface area contributed by atoms with Crippen molar-refractivity contribution in [3.8, 4) is 0 Å². The summed E-state index contributed by atoms with van der Waals surface area (Å²) in [6.07, 6.45) is 8.63. The predicted octanol–water partition coefficient (Wildman–Crippen LogP) is 5.06. The van der Waals surface area contributed by atoms with Gasteiger partial charge in [0.15, 0.2) is 0 Å². The van der Waals surface area contributed by atoms with Crippen molar-refractivity contribution in [3.63, 3.8) is 0 Å². The van der Waals surface area contributed by atoms with Crippen LogP contribution < -0.4 is 0 Å². The Morgan fingerprint density at radius 1 is 1.21 bits per heavy atom. The highest BCUT2D eigenvalue weighted by molar-refractivity contribution is 9.10. The summed E-state index contributed by atoms with van der Waals surface area (Å²) in [7, 11) is 0. The zero-order chi connectivity index (χ0) is 13.7. The summed E-state index contributed by atoms with van der Waals surface area (Å²) >= 11 is 3.32. The molecule has 1 fully saturated rings. The quantitative estimate of drug-likeness (QED) is 0.707. The molecule has 1 aliphatic rings.